The van der Waals surface area contributed by atoms with Gasteiger partial charge in [-0.2, -0.15) is 0 Å². The van der Waals surface area contributed by atoms with Gasteiger partial charge >= 0.3 is 0 Å². The number of rotatable bonds is 4. The van der Waals surface area contributed by atoms with Gasteiger partial charge in [-0.1, -0.05) is 32.0 Å². The number of hydrogen-bond acceptors (Lipinski definition) is 3. The first-order valence-electron chi connectivity index (χ1n) is 6.65. The fourth-order valence-electron chi connectivity index (χ4n) is 2.15. The van der Waals surface area contributed by atoms with Crippen molar-refractivity contribution in [3.63, 3.8) is 0 Å². The second-order valence-corrected chi connectivity index (χ2v) is 5.53. The number of carbonyl (C=O) groups is 1. The van der Waals surface area contributed by atoms with Gasteiger partial charge in [0.2, 0.25) is 0 Å². The average molecular weight is 263 g/mol. The molecule has 1 amide bonds. The Morgan fingerprint density at radius 1 is 1.26 bits per heavy atom. The van der Waals surface area contributed by atoms with Crippen LogP contribution in [0, 0.1) is 5.92 Å². The average Bonchev–Trinajstić information content (AvgIpc) is 2.35. The maximum Gasteiger partial charge on any atom is 0.263 e. The van der Waals surface area contributed by atoms with E-state index in [0.717, 1.165) is 0 Å². The molecule has 19 heavy (non-hydrogen) atoms. The highest BCUT2D eigenvalue weighted by atomic mass is 16.5. The third-order valence-electron chi connectivity index (χ3n) is 3.72. The van der Waals surface area contributed by atoms with E-state index in [1.54, 1.807) is 11.8 Å². The van der Waals surface area contributed by atoms with Gasteiger partial charge in [-0.3, -0.25) is 4.79 Å². The van der Waals surface area contributed by atoms with E-state index in [2.05, 4.69) is 0 Å². The molecule has 0 aliphatic carbocycles. The standard InChI is InChI=1S/C15H21NO3/c1-11(2)15(18)9-16(10-15)14(17)12(3)19-13-7-5-4-6-8-13/h4-8,11-12,18H,9-10H2,1-3H3. The number of ether oxygens (including phenoxy) is 1. The molecule has 2 rings (SSSR count). The summed E-state index contributed by atoms with van der Waals surface area (Å²) in [6.07, 6.45) is -0.529. The lowest BCUT2D eigenvalue weighted by Gasteiger charge is -2.49. The van der Waals surface area contributed by atoms with E-state index in [9.17, 15) is 9.90 Å². The first kappa shape index (κ1) is 13.9. The molecule has 1 aromatic rings. The second-order valence-electron chi connectivity index (χ2n) is 5.53. The van der Waals surface area contributed by atoms with Crippen LogP contribution in [0.1, 0.15) is 20.8 Å². The lowest BCUT2D eigenvalue weighted by molar-refractivity contribution is -0.169. The Hall–Kier alpha value is -1.55. The van der Waals surface area contributed by atoms with Crippen LogP contribution in [0.4, 0.5) is 0 Å². The fourth-order valence-corrected chi connectivity index (χ4v) is 2.15. The minimum Gasteiger partial charge on any atom is -0.481 e. The first-order chi connectivity index (χ1) is 8.92. The number of likely N-dealkylation sites (tertiary alicyclic amines) is 1. The van der Waals surface area contributed by atoms with Crippen LogP contribution in [0.25, 0.3) is 0 Å². The minimum atomic E-state index is -0.734. The lowest BCUT2D eigenvalue weighted by Crippen LogP contribution is -2.67. The number of aliphatic hydroxyl groups is 1. The molecule has 1 aliphatic heterocycles. The monoisotopic (exact) mass is 263 g/mol. The maximum absolute atomic E-state index is 12.1. The van der Waals surface area contributed by atoms with Gasteiger partial charge in [-0.05, 0) is 25.0 Å². The number of carbonyl (C=O) groups excluding carboxylic acids is 1. The Morgan fingerprint density at radius 2 is 1.84 bits per heavy atom. The lowest BCUT2D eigenvalue weighted by atomic mass is 9.83. The van der Waals surface area contributed by atoms with Gasteiger partial charge in [0.05, 0.1) is 13.1 Å². The van der Waals surface area contributed by atoms with Gasteiger partial charge in [0.1, 0.15) is 11.4 Å². The summed E-state index contributed by atoms with van der Waals surface area (Å²) in [5.41, 5.74) is -0.734. The van der Waals surface area contributed by atoms with Crippen molar-refractivity contribution in [2.45, 2.75) is 32.5 Å². The molecular formula is C15H21NO3. The topological polar surface area (TPSA) is 49.8 Å². The zero-order valence-corrected chi connectivity index (χ0v) is 11.7. The molecule has 1 saturated heterocycles. The normalized spacial score (nSPS) is 18.9. The molecule has 1 N–H and O–H groups in total. The minimum absolute atomic E-state index is 0.0748. The van der Waals surface area contributed by atoms with Crippen LogP contribution in [-0.4, -0.2) is 40.7 Å². The summed E-state index contributed by atoms with van der Waals surface area (Å²) >= 11 is 0. The van der Waals surface area contributed by atoms with E-state index in [1.807, 2.05) is 44.2 Å². The quantitative estimate of drug-likeness (QED) is 0.899. The molecule has 1 unspecified atom stereocenters. The number of amides is 1. The highest BCUT2D eigenvalue weighted by molar-refractivity contribution is 5.82. The van der Waals surface area contributed by atoms with Crippen molar-refractivity contribution in [1.29, 1.82) is 0 Å². The molecule has 0 radical (unpaired) electrons. The molecule has 0 bridgehead atoms. The Balaban J connectivity index is 1.88. The summed E-state index contributed by atoms with van der Waals surface area (Å²) in [6, 6.07) is 9.29. The molecule has 4 heteroatoms. The van der Waals surface area contributed by atoms with Crippen LogP contribution in [0.2, 0.25) is 0 Å². The van der Waals surface area contributed by atoms with E-state index >= 15 is 0 Å². The predicted octanol–water partition coefficient (Wildman–Crippen LogP) is 1.68. The largest absolute Gasteiger partial charge is 0.481 e. The smallest absolute Gasteiger partial charge is 0.263 e. The molecule has 1 aliphatic rings. The van der Waals surface area contributed by atoms with Crippen molar-refractivity contribution in [3.8, 4) is 5.75 Å². The molecular weight excluding hydrogens is 242 g/mol. The molecule has 0 spiro atoms. The van der Waals surface area contributed by atoms with Crippen LogP contribution in [0.3, 0.4) is 0 Å². The van der Waals surface area contributed by atoms with Crippen molar-refractivity contribution in [2.24, 2.45) is 5.92 Å². The number of nitrogens with zero attached hydrogens (tertiary/aromatic N) is 1. The van der Waals surface area contributed by atoms with Gasteiger partial charge in [0, 0.05) is 0 Å². The predicted molar refractivity (Wildman–Crippen MR) is 72.9 cm³/mol. The number of hydrogen-bond donors (Lipinski definition) is 1. The summed E-state index contributed by atoms with van der Waals surface area (Å²) < 4.78 is 5.59. The Bertz CT molecular complexity index is 438. The molecule has 0 saturated carbocycles. The van der Waals surface area contributed by atoms with E-state index < -0.39 is 11.7 Å². The molecule has 0 aromatic heterocycles. The van der Waals surface area contributed by atoms with Crippen molar-refractivity contribution in [1.82, 2.24) is 4.90 Å². The summed E-state index contributed by atoms with van der Waals surface area (Å²) in [4.78, 5) is 13.8. The number of β-amino-alcohol motifs (C(OH)–C–C–N with tert-alkyl or cyclic N) is 1. The number of para-hydroxylation sites is 1. The SMILES string of the molecule is CC(Oc1ccccc1)C(=O)N1CC(O)(C(C)C)C1. The van der Waals surface area contributed by atoms with Crippen LogP contribution in [0.5, 0.6) is 5.75 Å². The van der Waals surface area contributed by atoms with Crippen LogP contribution < -0.4 is 4.74 Å². The Labute approximate surface area is 114 Å². The summed E-state index contributed by atoms with van der Waals surface area (Å²) in [5.74, 6) is 0.763. The van der Waals surface area contributed by atoms with E-state index in [-0.39, 0.29) is 11.8 Å². The zero-order valence-electron chi connectivity index (χ0n) is 11.7. The van der Waals surface area contributed by atoms with Crippen molar-refractivity contribution < 1.29 is 14.6 Å². The summed E-state index contributed by atoms with van der Waals surface area (Å²) in [7, 11) is 0. The van der Waals surface area contributed by atoms with E-state index in [1.165, 1.54) is 0 Å². The third kappa shape index (κ3) is 2.89. The fraction of sp³-hybridized carbons (Fsp3) is 0.533. The molecule has 1 fully saturated rings. The zero-order chi connectivity index (χ0) is 14.0. The molecule has 4 nitrogen and oxygen atoms in total. The second kappa shape index (κ2) is 5.21. The van der Waals surface area contributed by atoms with Crippen molar-refractivity contribution in [2.75, 3.05) is 13.1 Å². The molecule has 104 valence electrons. The Kier molecular flexibility index (Phi) is 3.80. The van der Waals surface area contributed by atoms with Gasteiger partial charge in [-0.15, -0.1) is 0 Å². The molecule has 1 aromatic carbocycles. The molecule has 1 atom stereocenters. The van der Waals surface area contributed by atoms with Crippen LogP contribution >= 0.6 is 0 Å². The highest BCUT2D eigenvalue weighted by Gasteiger charge is 2.46. The van der Waals surface area contributed by atoms with E-state index in [0.29, 0.717) is 18.8 Å². The first-order valence-corrected chi connectivity index (χ1v) is 6.65. The Morgan fingerprint density at radius 3 is 2.37 bits per heavy atom. The van der Waals surface area contributed by atoms with E-state index in [4.69, 9.17) is 4.74 Å². The van der Waals surface area contributed by atoms with Gasteiger partial charge < -0.3 is 14.7 Å². The highest BCUT2D eigenvalue weighted by Crippen LogP contribution is 2.29. The maximum atomic E-state index is 12.1. The van der Waals surface area contributed by atoms with Crippen molar-refractivity contribution >= 4 is 5.91 Å². The van der Waals surface area contributed by atoms with Crippen LogP contribution in [-0.2, 0) is 4.79 Å². The van der Waals surface area contributed by atoms with Gasteiger partial charge in [0.15, 0.2) is 6.10 Å². The summed E-state index contributed by atoms with van der Waals surface area (Å²) in [5, 5.41) is 10.1. The van der Waals surface area contributed by atoms with Crippen molar-refractivity contribution in [3.05, 3.63) is 30.3 Å². The third-order valence-corrected chi connectivity index (χ3v) is 3.72. The molecule has 1 heterocycles. The number of benzene rings is 1. The van der Waals surface area contributed by atoms with Gasteiger partial charge in [-0.25, -0.2) is 0 Å². The van der Waals surface area contributed by atoms with Crippen LogP contribution in [0.15, 0.2) is 30.3 Å². The van der Waals surface area contributed by atoms with Gasteiger partial charge in [0.25, 0.3) is 5.91 Å². The summed E-state index contributed by atoms with van der Waals surface area (Å²) in [6.45, 7) is 6.46.